The molecule has 98 valence electrons. The van der Waals surface area contributed by atoms with Crippen LogP contribution in [0.5, 0.6) is 0 Å². The van der Waals surface area contributed by atoms with Crippen molar-refractivity contribution in [2.45, 2.75) is 13.0 Å². The van der Waals surface area contributed by atoms with Gasteiger partial charge in [0.2, 0.25) is 0 Å². The zero-order chi connectivity index (χ0) is 13.6. The largest absolute Gasteiger partial charge is 0.184 e. The molecular weight excluding hydrogens is 244 g/mol. The molecule has 1 aliphatic rings. The number of rotatable bonds is 4. The zero-order valence-electron chi connectivity index (χ0n) is 11.2. The number of hydrogen-bond donors (Lipinski definition) is 0. The van der Waals surface area contributed by atoms with E-state index in [4.69, 9.17) is 0 Å². The van der Waals surface area contributed by atoms with Crippen molar-refractivity contribution in [1.82, 2.24) is 0 Å². The van der Waals surface area contributed by atoms with Crippen molar-refractivity contribution >= 4 is 11.3 Å². The summed E-state index contributed by atoms with van der Waals surface area (Å²) in [5, 5.41) is 8.58. The molecule has 0 amide bonds. The molecule has 20 heavy (non-hydrogen) atoms. The Bertz CT molecular complexity index is 667. The van der Waals surface area contributed by atoms with E-state index in [0.29, 0.717) is 6.54 Å². The second-order valence-electron chi connectivity index (χ2n) is 4.72. The lowest BCUT2D eigenvalue weighted by atomic mass is 9.99. The predicted octanol–water partition coefficient (Wildman–Crippen LogP) is 5.31. The molecule has 0 fully saturated rings. The van der Waals surface area contributed by atoms with Gasteiger partial charge in [0.15, 0.2) is 0 Å². The zero-order valence-corrected chi connectivity index (χ0v) is 11.2. The van der Waals surface area contributed by atoms with Gasteiger partial charge in [-0.1, -0.05) is 60.7 Å². The van der Waals surface area contributed by atoms with Gasteiger partial charge in [-0.2, -0.15) is 10.2 Å². The predicted molar refractivity (Wildman–Crippen MR) is 82.8 cm³/mol. The third-order valence-corrected chi connectivity index (χ3v) is 3.32. The molecule has 0 heterocycles. The first-order valence-corrected chi connectivity index (χ1v) is 6.80. The molecule has 0 spiro atoms. The highest BCUT2D eigenvalue weighted by atomic mass is 15.1. The second-order valence-corrected chi connectivity index (χ2v) is 4.72. The standard InChI is InChI=1S/C18H16N2/c1-2-11-17(12-3-1)20-19-14-16-10-6-7-13-18(16)15-8-4-5-9-15/h1-8,10-13H,9,14H2. The molecule has 1 aliphatic carbocycles. The van der Waals surface area contributed by atoms with Crippen LogP contribution in [0.25, 0.3) is 5.57 Å². The Morgan fingerprint density at radius 1 is 0.900 bits per heavy atom. The van der Waals surface area contributed by atoms with Crippen LogP contribution >= 0.6 is 0 Å². The van der Waals surface area contributed by atoms with Gasteiger partial charge in [-0.15, -0.1) is 0 Å². The molecule has 0 saturated carbocycles. The monoisotopic (exact) mass is 260 g/mol. The Kier molecular flexibility index (Phi) is 3.83. The third kappa shape index (κ3) is 2.91. The van der Waals surface area contributed by atoms with Crippen LogP contribution < -0.4 is 0 Å². The molecule has 3 rings (SSSR count). The van der Waals surface area contributed by atoms with Gasteiger partial charge in [0, 0.05) is 0 Å². The maximum Gasteiger partial charge on any atom is 0.0859 e. The molecule has 2 aromatic rings. The van der Waals surface area contributed by atoms with E-state index >= 15 is 0 Å². The van der Waals surface area contributed by atoms with Gasteiger partial charge < -0.3 is 0 Å². The average Bonchev–Trinajstić information content (AvgIpc) is 3.03. The molecule has 0 bridgehead atoms. The highest BCUT2D eigenvalue weighted by Crippen LogP contribution is 2.26. The number of hydrogen-bond acceptors (Lipinski definition) is 2. The van der Waals surface area contributed by atoms with E-state index in [1.54, 1.807) is 0 Å². The van der Waals surface area contributed by atoms with E-state index in [2.05, 4.69) is 52.7 Å². The Morgan fingerprint density at radius 3 is 2.50 bits per heavy atom. The fraction of sp³-hybridized carbons (Fsp3) is 0.111. The topological polar surface area (TPSA) is 24.7 Å². The van der Waals surface area contributed by atoms with Gasteiger partial charge in [-0.25, -0.2) is 0 Å². The number of nitrogens with zero attached hydrogens (tertiary/aromatic N) is 2. The molecule has 0 saturated heterocycles. The molecular formula is C18H16N2. The first-order chi connectivity index (χ1) is 9.93. The third-order valence-electron chi connectivity index (χ3n) is 3.32. The summed E-state index contributed by atoms with van der Waals surface area (Å²) in [7, 11) is 0. The molecule has 0 aliphatic heterocycles. The van der Waals surface area contributed by atoms with E-state index in [1.165, 1.54) is 16.7 Å². The van der Waals surface area contributed by atoms with Gasteiger partial charge in [0.1, 0.15) is 0 Å². The summed E-state index contributed by atoms with van der Waals surface area (Å²) < 4.78 is 0. The minimum atomic E-state index is 0.613. The first-order valence-electron chi connectivity index (χ1n) is 6.80. The molecule has 2 heteroatoms. The second kappa shape index (κ2) is 6.11. The van der Waals surface area contributed by atoms with Crippen molar-refractivity contribution in [2.24, 2.45) is 10.2 Å². The molecule has 2 nitrogen and oxygen atoms in total. The van der Waals surface area contributed by atoms with E-state index in [-0.39, 0.29) is 0 Å². The summed E-state index contributed by atoms with van der Waals surface area (Å²) in [6, 6.07) is 18.2. The number of allylic oxidation sites excluding steroid dienone is 4. The van der Waals surface area contributed by atoms with Crippen molar-refractivity contribution in [3.63, 3.8) is 0 Å². The number of azo groups is 1. The van der Waals surface area contributed by atoms with Crippen LogP contribution in [0.3, 0.4) is 0 Å². The summed E-state index contributed by atoms with van der Waals surface area (Å²) in [6.45, 7) is 0.613. The Morgan fingerprint density at radius 2 is 1.70 bits per heavy atom. The quantitative estimate of drug-likeness (QED) is 0.665. The first kappa shape index (κ1) is 12.5. The van der Waals surface area contributed by atoms with Crippen molar-refractivity contribution in [1.29, 1.82) is 0 Å². The van der Waals surface area contributed by atoms with Crippen LogP contribution in [0.4, 0.5) is 5.69 Å². The van der Waals surface area contributed by atoms with Crippen LogP contribution in [-0.4, -0.2) is 0 Å². The lowest BCUT2D eigenvalue weighted by molar-refractivity contribution is 0.954. The van der Waals surface area contributed by atoms with Gasteiger partial charge in [-0.3, -0.25) is 0 Å². The summed E-state index contributed by atoms with van der Waals surface area (Å²) in [5.41, 5.74) is 4.76. The summed E-state index contributed by atoms with van der Waals surface area (Å²) in [5.74, 6) is 0. The Labute approximate surface area is 119 Å². The molecule has 2 aromatic carbocycles. The van der Waals surface area contributed by atoms with E-state index < -0.39 is 0 Å². The van der Waals surface area contributed by atoms with Crippen LogP contribution in [0.1, 0.15) is 17.5 Å². The van der Waals surface area contributed by atoms with Crippen molar-refractivity contribution in [2.75, 3.05) is 0 Å². The maximum atomic E-state index is 4.32. The Balaban J connectivity index is 1.76. The van der Waals surface area contributed by atoms with Crippen molar-refractivity contribution < 1.29 is 0 Å². The van der Waals surface area contributed by atoms with Crippen LogP contribution in [0.15, 0.2) is 83.1 Å². The molecule has 0 aromatic heterocycles. The lowest BCUT2D eigenvalue weighted by Crippen LogP contribution is -1.90. The van der Waals surface area contributed by atoms with Crippen LogP contribution in [0.2, 0.25) is 0 Å². The smallest absolute Gasteiger partial charge is 0.0859 e. The highest BCUT2D eigenvalue weighted by molar-refractivity contribution is 5.72. The van der Waals surface area contributed by atoms with E-state index in [1.807, 2.05) is 30.3 Å². The highest BCUT2D eigenvalue weighted by Gasteiger charge is 2.07. The minimum absolute atomic E-state index is 0.613. The van der Waals surface area contributed by atoms with Gasteiger partial charge in [-0.05, 0) is 35.3 Å². The number of benzene rings is 2. The van der Waals surface area contributed by atoms with Gasteiger partial charge >= 0.3 is 0 Å². The van der Waals surface area contributed by atoms with Crippen LogP contribution in [0, 0.1) is 0 Å². The molecule has 0 atom stereocenters. The molecule has 0 radical (unpaired) electrons. The SMILES string of the molecule is C1=CCC(c2ccccc2CN=Nc2ccccc2)=C1. The summed E-state index contributed by atoms with van der Waals surface area (Å²) in [6.07, 6.45) is 7.47. The van der Waals surface area contributed by atoms with Crippen LogP contribution in [-0.2, 0) is 6.54 Å². The fourth-order valence-electron chi connectivity index (χ4n) is 2.31. The van der Waals surface area contributed by atoms with Crippen molar-refractivity contribution in [3.05, 3.63) is 84.0 Å². The minimum Gasteiger partial charge on any atom is -0.184 e. The van der Waals surface area contributed by atoms with Gasteiger partial charge in [0.05, 0.1) is 12.2 Å². The summed E-state index contributed by atoms with van der Waals surface area (Å²) >= 11 is 0. The maximum absolute atomic E-state index is 4.32. The molecule has 0 unspecified atom stereocenters. The fourth-order valence-corrected chi connectivity index (χ4v) is 2.31. The van der Waals surface area contributed by atoms with Gasteiger partial charge in [0.25, 0.3) is 0 Å². The average molecular weight is 260 g/mol. The Hall–Kier alpha value is -2.48. The van der Waals surface area contributed by atoms with E-state index in [0.717, 1.165) is 12.1 Å². The van der Waals surface area contributed by atoms with Crippen molar-refractivity contribution in [3.8, 4) is 0 Å². The normalized spacial score (nSPS) is 13.9. The molecule has 0 N–H and O–H groups in total. The lowest BCUT2D eigenvalue weighted by Gasteiger charge is -2.07. The van der Waals surface area contributed by atoms with E-state index in [9.17, 15) is 0 Å². The summed E-state index contributed by atoms with van der Waals surface area (Å²) in [4.78, 5) is 0.